The number of ether oxygens (including phenoxy) is 1. The van der Waals surface area contributed by atoms with Crippen LogP contribution in [0.1, 0.15) is 25.7 Å². The molecule has 68 valence electrons. The summed E-state index contributed by atoms with van der Waals surface area (Å²) >= 11 is 0. The third-order valence-electron chi connectivity index (χ3n) is 2.72. The van der Waals surface area contributed by atoms with Gasteiger partial charge in [-0.25, -0.2) is 0 Å². The lowest BCUT2D eigenvalue weighted by Gasteiger charge is -2.33. The Morgan fingerprint density at radius 2 is 2.33 bits per heavy atom. The van der Waals surface area contributed by atoms with E-state index in [-0.39, 0.29) is 5.91 Å². The number of hydrogen-bond acceptors (Lipinski definition) is 2. The van der Waals surface area contributed by atoms with Crippen LogP contribution < -0.4 is 0 Å². The summed E-state index contributed by atoms with van der Waals surface area (Å²) in [5.41, 5.74) is 0. The molecule has 1 unspecified atom stereocenters. The van der Waals surface area contributed by atoms with Crippen LogP contribution in [0.2, 0.25) is 0 Å². The van der Waals surface area contributed by atoms with Gasteiger partial charge in [0.2, 0.25) is 5.91 Å². The predicted molar refractivity (Wildman–Crippen MR) is 44.8 cm³/mol. The van der Waals surface area contributed by atoms with Gasteiger partial charge in [-0.05, 0) is 19.3 Å². The average Bonchev–Trinajstić information content (AvgIpc) is 2.29. The molecule has 2 aliphatic heterocycles. The first-order valence-corrected chi connectivity index (χ1v) is 4.75. The maximum Gasteiger partial charge on any atom is 0.225 e. The Morgan fingerprint density at radius 3 is 3.25 bits per heavy atom. The maximum absolute atomic E-state index is 11.5. The van der Waals surface area contributed by atoms with E-state index >= 15 is 0 Å². The first-order chi connectivity index (χ1) is 5.88. The molecule has 0 aromatic carbocycles. The van der Waals surface area contributed by atoms with Crippen molar-refractivity contribution in [2.75, 3.05) is 19.8 Å². The number of fused-ring (bicyclic) bond motifs is 1. The molecule has 3 heteroatoms. The Balaban J connectivity index is 2.06. The van der Waals surface area contributed by atoms with Gasteiger partial charge >= 0.3 is 0 Å². The van der Waals surface area contributed by atoms with Crippen molar-refractivity contribution >= 4 is 5.91 Å². The first kappa shape index (κ1) is 8.05. The van der Waals surface area contributed by atoms with Crippen LogP contribution in [-0.2, 0) is 9.53 Å². The van der Waals surface area contributed by atoms with Crippen molar-refractivity contribution in [2.24, 2.45) is 0 Å². The van der Waals surface area contributed by atoms with Gasteiger partial charge < -0.3 is 9.64 Å². The molecule has 1 atom stereocenters. The zero-order valence-corrected chi connectivity index (χ0v) is 7.29. The van der Waals surface area contributed by atoms with Crippen molar-refractivity contribution in [2.45, 2.75) is 31.7 Å². The summed E-state index contributed by atoms with van der Waals surface area (Å²) in [5.74, 6) is 0.289. The lowest BCUT2D eigenvalue weighted by atomic mass is 10.0. The third kappa shape index (κ3) is 1.46. The highest BCUT2D eigenvalue weighted by molar-refractivity contribution is 5.77. The van der Waals surface area contributed by atoms with Crippen LogP contribution in [-0.4, -0.2) is 36.6 Å². The molecule has 12 heavy (non-hydrogen) atoms. The van der Waals surface area contributed by atoms with Gasteiger partial charge in [0.1, 0.15) is 0 Å². The fraction of sp³-hybridized carbons (Fsp3) is 0.889. The molecule has 0 aliphatic carbocycles. The van der Waals surface area contributed by atoms with E-state index in [1.165, 1.54) is 12.8 Å². The number of amides is 1. The second kappa shape index (κ2) is 3.44. The molecule has 0 bridgehead atoms. The molecule has 3 nitrogen and oxygen atoms in total. The molecular formula is C9H15NO2. The first-order valence-electron chi connectivity index (χ1n) is 4.75. The quantitative estimate of drug-likeness (QED) is 0.536. The van der Waals surface area contributed by atoms with Crippen molar-refractivity contribution in [3.05, 3.63) is 0 Å². The van der Waals surface area contributed by atoms with Crippen molar-refractivity contribution in [1.82, 2.24) is 4.90 Å². The number of rotatable bonds is 0. The number of piperidine rings is 1. The van der Waals surface area contributed by atoms with Gasteiger partial charge in [0.25, 0.3) is 0 Å². The highest BCUT2D eigenvalue weighted by Crippen LogP contribution is 2.20. The van der Waals surface area contributed by atoms with Gasteiger partial charge in [0.05, 0.1) is 25.7 Å². The van der Waals surface area contributed by atoms with Crippen LogP contribution in [0.15, 0.2) is 0 Å². The van der Waals surface area contributed by atoms with Crippen LogP contribution in [0.4, 0.5) is 0 Å². The third-order valence-corrected chi connectivity index (χ3v) is 2.72. The van der Waals surface area contributed by atoms with Crippen LogP contribution in [0.5, 0.6) is 0 Å². The van der Waals surface area contributed by atoms with Crippen molar-refractivity contribution in [3.63, 3.8) is 0 Å². The topological polar surface area (TPSA) is 29.5 Å². The Morgan fingerprint density at radius 1 is 1.42 bits per heavy atom. The zero-order chi connectivity index (χ0) is 8.39. The minimum atomic E-state index is 0.289. The summed E-state index contributed by atoms with van der Waals surface area (Å²) in [6.07, 6.45) is 4.13. The van der Waals surface area contributed by atoms with E-state index in [0.29, 0.717) is 19.1 Å². The minimum absolute atomic E-state index is 0.289. The van der Waals surface area contributed by atoms with Crippen molar-refractivity contribution in [3.8, 4) is 0 Å². The lowest BCUT2D eigenvalue weighted by molar-refractivity contribution is -0.133. The number of carbonyl (C=O) groups is 1. The second-order valence-electron chi connectivity index (χ2n) is 3.56. The molecule has 0 saturated carbocycles. The Bertz CT molecular complexity index is 181. The van der Waals surface area contributed by atoms with Crippen molar-refractivity contribution in [1.29, 1.82) is 0 Å². The Hall–Kier alpha value is -0.570. The predicted octanol–water partition coefficient (Wildman–Crippen LogP) is 0.788. The van der Waals surface area contributed by atoms with Crippen LogP contribution >= 0.6 is 0 Å². The molecule has 1 amide bonds. The van der Waals surface area contributed by atoms with E-state index < -0.39 is 0 Å². The van der Waals surface area contributed by atoms with E-state index in [9.17, 15) is 4.79 Å². The fourth-order valence-electron chi connectivity index (χ4n) is 2.02. The van der Waals surface area contributed by atoms with E-state index in [0.717, 1.165) is 19.6 Å². The number of hydrogen-bond donors (Lipinski definition) is 0. The minimum Gasteiger partial charge on any atom is -0.379 e. The summed E-state index contributed by atoms with van der Waals surface area (Å²) in [4.78, 5) is 13.5. The molecule has 0 aromatic rings. The Kier molecular flexibility index (Phi) is 2.30. The van der Waals surface area contributed by atoms with Gasteiger partial charge in [0, 0.05) is 6.54 Å². The molecule has 0 spiro atoms. The van der Waals surface area contributed by atoms with Gasteiger partial charge in [-0.1, -0.05) is 0 Å². The molecule has 0 aromatic heterocycles. The summed E-state index contributed by atoms with van der Waals surface area (Å²) in [7, 11) is 0. The van der Waals surface area contributed by atoms with E-state index in [1.807, 2.05) is 4.90 Å². The maximum atomic E-state index is 11.5. The fourth-order valence-corrected chi connectivity index (χ4v) is 2.02. The summed E-state index contributed by atoms with van der Waals surface area (Å²) < 4.78 is 5.37. The smallest absolute Gasteiger partial charge is 0.225 e. The molecule has 2 saturated heterocycles. The molecule has 0 N–H and O–H groups in total. The monoisotopic (exact) mass is 169 g/mol. The van der Waals surface area contributed by atoms with Gasteiger partial charge in [-0.2, -0.15) is 0 Å². The van der Waals surface area contributed by atoms with Crippen LogP contribution in [0, 0.1) is 0 Å². The highest BCUT2D eigenvalue weighted by Gasteiger charge is 2.28. The molecule has 2 aliphatic rings. The Labute approximate surface area is 72.7 Å². The van der Waals surface area contributed by atoms with Crippen LogP contribution in [0.3, 0.4) is 0 Å². The SMILES string of the molecule is O=C1CCOCC2CCCCN12. The molecule has 0 radical (unpaired) electrons. The van der Waals surface area contributed by atoms with E-state index in [2.05, 4.69) is 0 Å². The number of nitrogens with zero attached hydrogens (tertiary/aromatic N) is 1. The number of carbonyl (C=O) groups excluding carboxylic acids is 1. The van der Waals surface area contributed by atoms with Crippen molar-refractivity contribution < 1.29 is 9.53 Å². The summed E-state index contributed by atoms with van der Waals surface area (Å²) in [5, 5.41) is 0. The normalized spacial score (nSPS) is 31.2. The molecule has 2 rings (SSSR count). The standard InChI is InChI=1S/C9H15NO2/c11-9-4-6-12-7-8-3-1-2-5-10(8)9/h8H,1-7H2. The van der Waals surface area contributed by atoms with Gasteiger partial charge in [0.15, 0.2) is 0 Å². The van der Waals surface area contributed by atoms with Crippen LogP contribution in [0.25, 0.3) is 0 Å². The molecule has 2 heterocycles. The zero-order valence-electron chi connectivity index (χ0n) is 7.29. The second-order valence-corrected chi connectivity index (χ2v) is 3.56. The summed E-state index contributed by atoms with van der Waals surface area (Å²) in [6, 6.07) is 0.383. The van der Waals surface area contributed by atoms with Gasteiger partial charge in [-0.15, -0.1) is 0 Å². The molecular weight excluding hydrogens is 154 g/mol. The summed E-state index contributed by atoms with van der Waals surface area (Å²) in [6.45, 7) is 2.32. The average molecular weight is 169 g/mol. The highest BCUT2D eigenvalue weighted by atomic mass is 16.5. The van der Waals surface area contributed by atoms with E-state index in [1.54, 1.807) is 0 Å². The lowest BCUT2D eigenvalue weighted by Crippen LogP contribution is -2.44. The largest absolute Gasteiger partial charge is 0.379 e. The van der Waals surface area contributed by atoms with E-state index in [4.69, 9.17) is 4.74 Å². The molecule has 2 fully saturated rings. The van der Waals surface area contributed by atoms with Gasteiger partial charge in [-0.3, -0.25) is 4.79 Å².